The molecular formula is C16H12N2O2. The maximum atomic E-state index is 12.4. The van der Waals surface area contributed by atoms with E-state index in [1.807, 2.05) is 30.5 Å². The molecule has 1 aromatic heterocycles. The SMILES string of the molecule is COc1c2c3c(cncc3c3ccccc13)C(=O)N2C. The summed E-state index contributed by atoms with van der Waals surface area (Å²) in [6.07, 6.45) is 3.45. The lowest BCUT2D eigenvalue weighted by molar-refractivity contribution is 0.0998. The summed E-state index contributed by atoms with van der Waals surface area (Å²) in [7, 11) is 3.41. The predicted octanol–water partition coefficient (Wildman–Crippen LogP) is 2.99. The fourth-order valence-electron chi connectivity index (χ4n) is 3.05. The van der Waals surface area contributed by atoms with Gasteiger partial charge in [-0.3, -0.25) is 9.78 Å². The van der Waals surface area contributed by atoms with Gasteiger partial charge in [0, 0.05) is 35.6 Å². The van der Waals surface area contributed by atoms with E-state index < -0.39 is 0 Å². The van der Waals surface area contributed by atoms with Crippen LogP contribution in [-0.4, -0.2) is 25.0 Å². The molecule has 98 valence electrons. The number of fused-ring (bicyclic) bond motifs is 2. The van der Waals surface area contributed by atoms with Crippen LogP contribution in [0.2, 0.25) is 0 Å². The molecule has 0 unspecified atom stereocenters. The zero-order valence-corrected chi connectivity index (χ0v) is 11.2. The van der Waals surface area contributed by atoms with Crippen molar-refractivity contribution in [2.24, 2.45) is 0 Å². The van der Waals surface area contributed by atoms with Crippen molar-refractivity contribution in [2.75, 3.05) is 19.1 Å². The van der Waals surface area contributed by atoms with Crippen LogP contribution in [0.5, 0.6) is 5.75 Å². The van der Waals surface area contributed by atoms with Gasteiger partial charge in [-0.25, -0.2) is 0 Å². The number of methoxy groups -OCH3 is 1. The minimum Gasteiger partial charge on any atom is -0.494 e. The van der Waals surface area contributed by atoms with Gasteiger partial charge < -0.3 is 9.64 Å². The molecule has 3 aromatic rings. The zero-order valence-electron chi connectivity index (χ0n) is 11.2. The van der Waals surface area contributed by atoms with Crippen LogP contribution < -0.4 is 9.64 Å². The molecule has 1 aliphatic rings. The number of aromatic nitrogens is 1. The van der Waals surface area contributed by atoms with E-state index in [9.17, 15) is 4.79 Å². The standard InChI is InChI=1S/C16H12N2O2/c1-18-14-13-11(7-17-8-12(13)16(18)19)9-5-3-4-6-10(9)15(14)20-2/h3-8H,1-2H3. The summed E-state index contributed by atoms with van der Waals surface area (Å²) in [5, 5.41) is 3.98. The quantitative estimate of drug-likeness (QED) is 0.634. The number of nitrogens with zero attached hydrogens (tertiary/aromatic N) is 2. The topological polar surface area (TPSA) is 42.4 Å². The summed E-state index contributed by atoms with van der Waals surface area (Å²) in [4.78, 5) is 18.2. The minimum absolute atomic E-state index is 0.0355. The molecule has 0 bridgehead atoms. The molecule has 2 aromatic carbocycles. The molecule has 0 aliphatic carbocycles. The van der Waals surface area contributed by atoms with Gasteiger partial charge >= 0.3 is 0 Å². The minimum atomic E-state index is -0.0355. The number of benzene rings is 2. The Morgan fingerprint density at radius 2 is 1.85 bits per heavy atom. The largest absolute Gasteiger partial charge is 0.494 e. The molecule has 0 fully saturated rings. The lowest BCUT2D eigenvalue weighted by Crippen LogP contribution is -2.21. The highest BCUT2D eigenvalue weighted by atomic mass is 16.5. The number of hydrogen-bond acceptors (Lipinski definition) is 3. The Labute approximate surface area is 115 Å². The molecule has 0 saturated carbocycles. The molecule has 4 nitrogen and oxygen atoms in total. The number of amides is 1. The highest BCUT2D eigenvalue weighted by Crippen LogP contribution is 2.47. The van der Waals surface area contributed by atoms with Crippen molar-refractivity contribution in [3.05, 3.63) is 42.2 Å². The van der Waals surface area contributed by atoms with Crippen molar-refractivity contribution >= 4 is 33.1 Å². The summed E-state index contributed by atoms with van der Waals surface area (Å²) in [5.74, 6) is 0.709. The normalized spacial score (nSPS) is 13.5. The second-order valence-electron chi connectivity index (χ2n) is 4.90. The van der Waals surface area contributed by atoms with Crippen LogP contribution in [0.4, 0.5) is 5.69 Å². The Morgan fingerprint density at radius 1 is 1.10 bits per heavy atom. The van der Waals surface area contributed by atoms with Gasteiger partial charge in [-0.05, 0) is 5.39 Å². The summed E-state index contributed by atoms with van der Waals surface area (Å²) in [6.45, 7) is 0. The molecule has 0 atom stereocenters. The first kappa shape index (κ1) is 11.2. The van der Waals surface area contributed by atoms with Crippen LogP contribution in [0.1, 0.15) is 10.4 Å². The maximum absolute atomic E-state index is 12.4. The predicted molar refractivity (Wildman–Crippen MR) is 78.5 cm³/mol. The first-order valence-corrected chi connectivity index (χ1v) is 6.38. The molecule has 0 radical (unpaired) electrons. The van der Waals surface area contributed by atoms with Crippen molar-refractivity contribution in [1.29, 1.82) is 0 Å². The summed E-state index contributed by atoms with van der Waals surface area (Å²) >= 11 is 0. The van der Waals surface area contributed by atoms with Crippen LogP contribution in [0.25, 0.3) is 21.5 Å². The number of rotatable bonds is 1. The van der Waals surface area contributed by atoms with E-state index in [4.69, 9.17) is 4.74 Å². The van der Waals surface area contributed by atoms with Gasteiger partial charge in [0.15, 0.2) is 5.75 Å². The molecule has 1 aliphatic heterocycles. The van der Waals surface area contributed by atoms with E-state index in [0.717, 1.165) is 33.0 Å². The van der Waals surface area contributed by atoms with Gasteiger partial charge in [0.25, 0.3) is 5.91 Å². The van der Waals surface area contributed by atoms with Crippen LogP contribution >= 0.6 is 0 Å². The van der Waals surface area contributed by atoms with E-state index in [2.05, 4.69) is 4.98 Å². The van der Waals surface area contributed by atoms with E-state index in [0.29, 0.717) is 5.56 Å². The molecule has 2 heterocycles. The van der Waals surface area contributed by atoms with Crippen LogP contribution in [0.3, 0.4) is 0 Å². The number of anilines is 1. The number of carbonyl (C=O) groups excluding carboxylic acids is 1. The molecule has 4 heteroatoms. The smallest absolute Gasteiger partial charge is 0.260 e. The number of ether oxygens (including phenoxy) is 1. The van der Waals surface area contributed by atoms with Crippen LogP contribution in [-0.2, 0) is 0 Å². The Balaban J connectivity index is 2.36. The summed E-state index contributed by atoms with van der Waals surface area (Å²) < 4.78 is 5.60. The highest BCUT2D eigenvalue weighted by Gasteiger charge is 2.32. The van der Waals surface area contributed by atoms with Crippen LogP contribution in [0.15, 0.2) is 36.7 Å². The second kappa shape index (κ2) is 3.70. The third-order valence-corrected chi connectivity index (χ3v) is 3.93. The first-order valence-electron chi connectivity index (χ1n) is 6.38. The second-order valence-corrected chi connectivity index (χ2v) is 4.90. The zero-order chi connectivity index (χ0) is 13.9. The average Bonchev–Trinajstić information content (AvgIpc) is 2.75. The molecule has 4 rings (SSSR count). The Kier molecular flexibility index (Phi) is 2.07. The van der Waals surface area contributed by atoms with E-state index in [-0.39, 0.29) is 5.91 Å². The number of pyridine rings is 1. The summed E-state index contributed by atoms with van der Waals surface area (Å²) in [6, 6.07) is 7.99. The Morgan fingerprint density at radius 3 is 2.60 bits per heavy atom. The van der Waals surface area contributed by atoms with Crippen molar-refractivity contribution in [3.63, 3.8) is 0 Å². The first-order chi connectivity index (χ1) is 9.74. The third kappa shape index (κ3) is 1.16. The molecule has 0 N–H and O–H groups in total. The highest BCUT2D eigenvalue weighted by molar-refractivity contribution is 6.31. The van der Waals surface area contributed by atoms with Crippen LogP contribution in [0, 0.1) is 0 Å². The molecule has 0 spiro atoms. The fraction of sp³-hybridized carbons (Fsp3) is 0.125. The van der Waals surface area contributed by atoms with Gasteiger partial charge in [-0.2, -0.15) is 0 Å². The third-order valence-electron chi connectivity index (χ3n) is 3.93. The van der Waals surface area contributed by atoms with Gasteiger partial charge in [-0.1, -0.05) is 24.3 Å². The summed E-state index contributed by atoms with van der Waals surface area (Å²) in [5.41, 5.74) is 1.48. The molecule has 1 amide bonds. The lowest BCUT2D eigenvalue weighted by Gasteiger charge is -2.17. The van der Waals surface area contributed by atoms with Gasteiger partial charge in [0.1, 0.15) is 0 Å². The Bertz CT molecular complexity index is 886. The van der Waals surface area contributed by atoms with E-state index in [1.54, 1.807) is 25.3 Å². The number of hydrogen-bond donors (Lipinski definition) is 0. The van der Waals surface area contributed by atoms with Gasteiger partial charge in [0.05, 0.1) is 18.4 Å². The van der Waals surface area contributed by atoms with Crippen molar-refractivity contribution in [3.8, 4) is 5.75 Å². The van der Waals surface area contributed by atoms with Gasteiger partial charge in [-0.15, -0.1) is 0 Å². The monoisotopic (exact) mass is 264 g/mol. The Hall–Kier alpha value is -2.62. The van der Waals surface area contributed by atoms with Crippen molar-refractivity contribution < 1.29 is 9.53 Å². The number of carbonyl (C=O) groups is 1. The lowest BCUT2D eigenvalue weighted by atomic mass is 10.00. The van der Waals surface area contributed by atoms with Crippen molar-refractivity contribution in [2.45, 2.75) is 0 Å². The molecular weight excluding hydrogens is 252 g/mol. The fourth-order valence-corrected chi connectivity index (χ4v) is 3.05. The van der Waals surface area contributed by atoms with E-state index >= 15 is 0 Å². The molecule has 0 saturated heterocycles. The maximum Gasteiger partial charge on any atom is 0.260 e. The molecule has 20 heavy (non-hydrogen) atoms. The van der Waals surface area contributed by atoms with Gasteiger partial charge in [0.2, 0.25) is 0 Å². The average molecular weight is 264 g/mol. The van der Waals surface area contributed by atoms with E-state index in [1.165, 1.54) is 0 Å². The van der Waals surface area contributed by atoms with Crippen molar-refractivity contribution in [1.82, 2.24) is 4.98 Å².